The van der Waals surface area contributed by atoms with Crippen LogP contribution in [0.3, 0.4) is 0 Å². The molecule has 1 rings (SSSR count). The fourth-order valence-electron chi connectivity index (χ4n) is 1.74. The quantitative estimate of drug-likeness (QED) is 0.757. The van der Waals surface area contributed by atoms with Gasteiger partial charge in [-0.15, -0.1) is 6.58 Å². The number of hydrogen-bond acceptors (Lipinski definition) is 1. The maximum atomic E-state index is 13.1. The van der Waals surface area contributed by atoms with Gasteiger partial charge < -0.3 is 5.32 Å². The topological polar surface area (TPSA) is 12.0 Å². The fourth-order valence-corrected chi connectivity index (χ4v) is 2.37. The Bertz CT molecular complexity index is 390. The van der Waals surface area contributed by atoms with Gasteiger partial charge in [-0.05, 0) is 44.0 Å². The summed E-state index contributed by atoms with van der Waals surface area (Å²) in [5.74, 6) is -0.217. The van der Waals surface area contributed by atoms with Gasteiger partial charge in [0, 0.05) is 10.5 Å². The van der Waals surface area contributed by atoms with E-state index in [0.29, 0.717) is 0 Å². The molecule has 94 valence electrons. The maximum Gasteiger partial charge on any atom is 0.124 e. The smallest absolute Gasteiger partial charge is 0.124 e. The lowest BCUT2D eigenvalue weighted by Gasteiger charge is -2.20. The van der Waals surface area contributed by atoms with Gasteiger partial charge >= 0.3 is 0 Å². The zero-order valence-electron chi connectivity index (χ0n) is 10.4. The molecule has 17 heavy (non-hydrogen) atoms. The van der Waals surface area contributed by atoms with Crippen LogP contribution in [-0.2, 0) is 0 Å². The molecular formula is C14H19BrFN. The van der Waals surface area contributed by atoms with Crippen LogP contribution in [0.5, 0.6) is 0 Å². The van der Waals surface area contributed by atoms with Crippen LogP contribution in [0.4, 0.5) is 4.39 Å². The van der Waals surface area contributed by atoms with Crippen molar-refractivity contribution in [2.75, 3.05) is 6.54 Å². The second-order valence-electron chi connectivity index (χ2n) is 4.33. The van der Waals surface area contributed by atoms with Crippen LogP contribution < -0.4 is 5.32 Å². The van der Waals surface area contributed by atoms with Crippen molar-refractivity contribution in [3.63, 3.8) is 0 Å². The molecule has 0 aliphatic heterocycles. The monoisotopic (exact) mass is 299 g/mol. The lowest BCUT2D eigenvalue weighted by Crippen LogP contribution is -2.22. The zero-order valence-corrected chi connectivity index (χ0v) is 12.0. The van der Waals surface area contributed by atoms with E-state index in [1.807, 2.05) is 13.0 Å². The Kier molecular flexibility index (Phi) is 5.86. The normalized spacial score (nSPS) is 12.5. The minimum atomic E-state index is -0.217. The van der Waals surface area contributed by atoms with Crippen molar-refractivity contribution in [2.45, 2.75) is 32.7 Å². The number of benzene rings is 1. The second-order valence-corrected chi connectivity index (χ2v) is 5.19. The van der Waals surface area contributed by atoms with Crippen LogP contribution in [0.2, 0.25) is 0 Å². The summed E-state index contributed by atoms with van der Waals surface area (Å²) in [6.45, 7) is 9.03. The third-order valence-electron chi connectivity index (χ3n) is 2.53. The molecule has 1 unspecified atom stereocenters. The molecule has 1 atom stereocenters. The Balaban J connectivity index is 2.90. The molecule has 3 heteroatoms. The fraction of sp³-hybridized carbons (Fsp3) is 0.429. The summed E-state index contributed by atoms with van der Waals surface area (Å²) in [5, 5.41) is 3.46. The summed E-state index contributed by atoms with van der Waals surface area (Å²) in [4.78, 5) is 0. The molecule has 0 fully saturated rings. The average Bonchev–Trinajstić information content (AvgIpc) is 2.24. The van der Waals surface area contributed by atoms with E-state index in [9.17, 15) is 4.39 Å². The molecule has 1 nitrogen and oxygen atoms in total. The Morgan fingerprint density at radius 3 is 2.76 bits per heavy atom. The Labute approximate surface area is 111 Å². The molecule has 0 saturated heterocycles. The molecule has 0 aliphatic carbocycles. The summed E-state index contributed by atoms with van der Waals surface area (Å²) in [6.07, 6.45) is 1.94. The third kappa shape index (κ3) is 4.60. The van der Waals surface area contributed by atoms with E-state index in [0.717, 1.165) is 35.0 Å². The number of rotatable bonds is 6. The summed E-state index contributed by atoms with van der Waals surface area (Å²) in [6, 6.07) is 5.03. The zero-order chi connectivity index (χ0) is 12.8. The molecule has 1 aromatic rings. The second kappa shape index (κ2) is 6.92. The van der Waals surface area contributed by atoms with Gasteiger partial charge in [0.05, 0.1) is 0 Å². The molecule has 0 spiro atoms. The predicted molar refractivity (Wildman–Crippen MR) is 74.6 cm³/mol. The summed E-state index contributed by atoms with van der Waals surface area (Å²) < 4.78 is 13.9. The minimum absolute atomic E-state index is 0.197. The molecule has 0 heterocycles. The number of halogens is 2. The van der Waals surface area contributed by atoms with E-state index in [1.54, 1.807) is 0 Å². The lowest BCUT2D eigenvalue weighted by atomic mass is 10.00. The van der Waals surface area contributed by atoms with Crippen molar-refractivity contribution in [3.05, 3.63) is 46.2 Å². The van der Waals surface area contributed by atoms with Crippen LogP contribution in [-0.4, -0.2) is 6.54 Å². The highest BCUT2D eigenvalue weighted by atomic mass is 79.9. The van der Waals surface area contributed by atoms with Crippen LogP contribution in [0, 0.1) is 5.82 Å². The van der Waals surface area contributed by atoms with Gasteiger partial charge in [-0.3, -0.25) is 0 Å². The largest absolute Gasteiger partial charge is 0.310 e. The van der Waals surface area contributed by atoms with Crippen molar-refractivity contribution in [1.29, 1.82) is 0 Å². The first-order chi connectivity index (χ1) is 8.04. The first-order valence-electron chi connectivity index (χ1n) is 5.87. The highest BCUT2D eigenvalue weighted by molar-refractivity contribution is 9.10. The Morgan fingerprint density at radius 1 is 1.53 bits per heavy atom. The predicted octanol–water partition coefficient (Wildman–Crippen LogP) is 4.60. The van der Waals surface area contributed by atoms with E-state index < -0.39 is 0 Å². The highest BCUT2D eigenvalue weighted by Crippen LogP contribution is 2.28. The van der Waals surface area contributed by atoms with E-state index in [4.69, 9.17) is 0 Å². The van der Waals surface area contributed by atoms with Crippen molar-refractivity contribution >= 4 is 15.9 Å². The first kappa shape index (κ1) is 14.4. The average molecular weight is 300 g/mol. The van der Waals surface area contributed by atoms with Crippen molar-refractivity contribution in [1.82, 2.24) is 5.32 Å². The van der Waals surface area contributed by atoms with E-state index >= 15 is 0 Å². The van der Waals surface area contributed by atoms with Gasteiger partial charge in [0.25, 0.3) is 0 Å². The molecule has 0 aliphatic rings. The summed E-state index contributed by atoms with van der Waals surface area (Å²) >= 11 is 3.42. The van der Waals surface area contributed by atoms with Gasteiger partial charge in [0.1, 0.15) is 5.82 Å². The van der Waals surface area contributed by atoms with Crippen LogP contribution in [0.25, 0.3) is 0 Å². The number of hydrogen-bond donors (Lipinski definition) is 1. The summed E-state index contributed by atoms with van der Waals surface area (Å²) in [7, 11) is 0. The SMILES string of the molecule is C=C(C)CC(NCCC)c1ccc(F)cc1Br. The third-order valence-corrected chi connectivity index (χ3v) is 3.22. The van der Waals surface area contributed by atoms with Gasteiger partial charge in [-0.2, -0.15) is 0 Å². The van der Waals surface area contributed by atoms with Gasteiger partial charge in [-0.25, -0.2) is 4.39 Å². The van der Waals surface area contributed by atoms with Crippen molar-refractivity contribution < 1.29 is 4.39 Å². The van der Waals surface area contributed by atoms with Crippen LogP contribution >= 0.6 is 15.9 Å². The first-order valence-corrected chi connectivity index (χ1v) is 6.66. The molecule has 0 bridgehead atoms. The minimum Gasteiger partial charge on any atom is -0.310 e. The summed E-state index contributed by atoms with van der Waals surface area (Å²) in [5.41, 5.74) is 2.21. The molecule has 1 aromatic carbocycles. The van der Waals surface area contributed by atoms with Gasteiger partial charge in [-0.1, -0.05) is 34.5 Å². The standard InChI is InChI=1S/C14H19BrFN/c1-4-7-17-14(8-10(2)3)12-6-5-11(16)9-13(12)15/h5-6,9,14,17H,2,4,7-8H2,1,3H3. The van der Waals surface area contributed by atoms with Crippen LogP contribution in [0.1, 0.15) is 38.3 Å². The highest BCUT2D eigenvalue weighted by Gasteiger charge is 2.14. The maximum absolute atomic E-state index is 13.1. The Morgan fingerprint density at radius 2 is 2.24 bits per heavy atom. The van der Waals surface area contributed by atoms with Gasteiger partial charge in [0.2, 0.25) is 0 Å². The molecule has 0 aromatic heterocycles. The molecule has 0 saturated carbocycles. The number of nitrogens with one attached hydrogen (secondary N) is 1. The van der Waals surface area contributed by atoms with E-state index in [2.05, 4.69) is 34.7 Å². The molecule has 1 N–H and O–H groups in total. The van der Waals surface area contributed by atoms with Crippen molar-refractivity contribution in [3.8, 4) is 0 Å². The molecule has 0 amide bonds. The van der Waals surface area contributed by atoms with Crippen LogP contribution in [0.15, 0.2) is 34.8 Å². The van der Waals surface area contributed by atoms with E-state index in [-0.39, 0.29) is 11.9 Å². The Hall–Kier alpha value is -0.670. The van der Waals surface area contributed by atoms with Gasteiger partial charge in [0.15, 0.2) is 0 Å². The van der Waals surface area contributed by atoms with Crippen molar-refractivity contribution in [2.24, 2.45) is 0 Å². The van der Waals surface area contributed by atoms with E-state index in [1.165, 1.54) is 12.1 Å². The molecule has 0 radical (unpaired) electrons. The lowest BCUT2D eigenvalue weighted by molar-refractivity contribution is 0.524. The molecular weight excluding hydrogens is 281 g/mol.